The first kappa shape index (κ1) is 21.0. The highest BCUT2D eigenvalue weighted by Crippen LogP contribution is 2.27. The molecule has 0 aliphatic rings. The van der Waals surface area contributed by atoms with Crippen LogP contribution in [0.3, 0.4) is 0 Å². The maximum absolute atomic E-state index is 13.2. The molecule has 0 spiro atoms. The van der Waals surface area contributed by atoms with Crippen molar-refractivity contribution < 1.29 is 9.21 Å². The fraction of sp³-hybridized carbons (Fsp3) is 0.296. The number of furan rings is 1. The molecule has 4 heteroatoms. The normalized spacial score (nSPS) is 11.8. The van der Waals surface area contributed by atoms with Crippen molar-refractivity contribution in [2.75, 3.05) is 5.32 Å². The number of fused-ring (bicyclic) bond motifs is 1. The molecule has 4 nitrogen and oxygen atoms in total. The SMILES string of the molecule is Cc1cc2c(cc(C(=O)Nc3ccc(C)c(C)c3)n2Cc2ccc(C(C)(C)C)cc2)o1. The lowest BCUT2D eigenvalue weighted by atomic mass is 9.87. The maximum Gasteiger partial charge on any atom is 0.272 e. The molecule has 0 atom stereocenters. The topological polar surface area (TPSA) is 47.2 Å². The number of nitrogens with one attached hydrogen (secondary N) is 1. The first-order valence-electron chi connectivity index (χ1n) is 10.7. The van der Waals surface area contributed by atoms with E-state index in [0.717, 1.165) is 33.7 Å². The monoisotopic (exact) mass is 414 g/mol. The number of amides is 1. The molecule has 2 heterocycles. The Morgan fingerprint density at radius 1 is 0.935 bits per heavy atom. The van der Waals surface area contributed by atoms with Crippen molar-refractivity contribution in [3.63, 3.8) is 0 Å². The Labute approximate surface area is 183 Å². The molecule has 0 aliphatic carbocycles. The van der Waals surface area contributed by atoms with Crippen LogP contribution < -0.4 is 5.32 Å². The molecule has 0 bridgehead atoms. The molecular formula is C27H30N2O2. The minimum atomic E-state index is -0.140. The highest BCUT2D eigenvalue weighted by molar-refractivity contribution is 6.06. The lowest BCUT2D eigenvalue weighted by Crippen LogP contribution is -2.18. The summed E-state index contributed by atoms with van der Waals surface area (Å²) in [5.74, 6) is 0.696. The van der Waals surface area contributed by atoms with Crippen molar-refractivity contribution in [1.82, 2.24) is 4.57 Å². The number of carbonyl (C=O) groups excluding carboxylic acids is 1. The van der Waals surface area contributed by atoms with Gasteiger partial charge in [-0.25, -0.2) is 0 Å². The molecule has 31 heavy (non-hydrogen) atoms. The summed E-state index contributed by atoms with van der Waals surface area (Å²) in [4.78, 5) is 13.2. The molecule has 2 aromatic heterocycles. The van der Waals surface area contributed by atoms with Crippen LogP contribution in [0.25, 0.3) is 11.1 Å². The van der Waals surface area contributed by atoms with E-state index in [4.69, 9.17) is 4.42 Å². The van der Waals surface area contributed by atoms with Crippen LogP contribution in [0.1, 0.15) is 59.3 Å². The Bertz CT molecular complexity index is 1250. The molecular weight excluding hydrogens is 384 g/mol. The van der Waals surface area contributed by atoms with Gasteiger partial charge in [-0.3, -0.25) is 4.79 Å². The number of aromatic nitrogens is 1. The summed E-state index contributed by atoms with van der Waals surface area (Å²) in [7, 11) is 0. The zero-order valence-electron chi connectivity index (χ0n) is 19.2. The van der Waals surface area contributed by atoms with Crippen LogP contribution in [0.4, 0.5) is 5.69 Å². The first-order valence-corrected chi connectivity index (χ1v) is 10.7. The van der Waals surface area contributed by atoms with Gasteiger partial charge in [-0.1, -0.05) is 51.1 Å². The molecule has 4 rings (SSSR count). The van der Waals surface area contributed by atoms with E-state index in [1.54, 1.807) is 0 Å². The minimum Gasteiger partial charge on any atom is -0.460 e. The Kier molecular flexibility index (Phi) is 5.26. The fourth-order valence-corrected chi connectivity index (χ4v) is 3.83. The van der Waals surface area contributed by atoms with E-state index >= 15 is 0 Å². The van der Waals surface area contributed by atoms with Crippen LogP contribution in [0, 0.1) is 20.8 Å². The Balaban J connectivity index is 1.68. The van der Waals surface area contributed by atoms with Gasteiger partial charge in [0.1, 0.15) is 11.5 Å². The van der Waals surface area contributed by atoms with Crippen molar-refractivity contribution in [3.8, 4) is 0 Å². The summed E-state index contributed by atoms with van der Waals surface area (Å²) in [5, 5.41) is 3.05. The van der Waals surface area contributed by atoms with E-state index in [1.165, 1.54) is 11.1 Å². The number of rotatable bonds is 4. The van der Waals surface area contributed by atoms with Gasteiger partial charge in [-0.2, -0.15) is 0 Å². The third-order valence-corrected chi connectivity index (χ3v) is 5.87. The van der Waals surface area contributed by atoms with E-state index in [1.807, 2.05) is 48.7 Å². The smallest absolute Gasteiger partial charge is 0.272 e. The second-order valence-electron chi connectivity index (χ2n) is 9.42. The molecule has 1 N–H and O–H groups in total. The molecule has 2 aromatic carbocycles. The average Bonchev–Trinajstić information content (AvgIpc) is 3.21. The molecule has 0 radical (unpaired) electrons. The maximum atomic E-state index is 13.2. The first-order chi connectivity index (χ1) is 14.6. The van der Waals surface area contributed by atoms with E-state index in [2.05, 4.69) is 57.3 Å². The Morgan fingerprint density at radius 3 is 2.29 bits per heavy atom. The number of benzene rings is 2. The largest absolute Gasteiger partial charge is 0.460 e. The Hall–Kier alpha value is -3.27. The molecule has 160 valence electrons. The number of carbonyl (C=O) groups is 1. The van der Waals surface area contributed by atoms with Gasteiger partial charge in [-0.05, 0) is 60.6 Å². The molecule has 1 amide bonds. The van der Waals surface area contributed by atoms with Gasteiger partial charge in [-0.15, -0.1) is 0 Å². The predicted molar refractivity (Wildman–Crippen MR) is 127 cm³/mol. The molecule has 0 unspecified atom stereocenters. The number of aryl methyl sites for hydroxylation is 3. The van der Waals surface area contributed by atoms with Crippen LogP contribution in [0.15, 0.2) is 59.0 Å². The van der Waals surface area contributed by atoms with Crippen LogP contribution in [-0.2, 0) is 12.0 Å². The van der Waals surface area contributed by atoms with Crippen LogP contribution in [0.2, 0.25) is 0 Å². The number of hydrogen-bond acceptors (Lipinski definition) is 2. The summed E-state index contributed by atoms with van der Waals surface area (Å²) >= 11 is 0. The van der Waals surface area contributed by atoms with E-state index in [9.17, 15) is 4.79 Å². The summed E-state index contributed by atoms with van der Waals surface area (Å²) in [6.45, 7) is 13.3. The van der Waals surface area contributed by atoms with E-state index < -0.39 is 0 Å². The van der Waals surface area contributed by atoms with Crippen molar-refractivity contribution in [3.05, 3.63) is 88.3 Å². The quantitative estimate of drug-likeness (QED) is 0.401. The average molecular weight is 415 g/mol. The summed E-state index contributed by atoms with van der Waals surface area (Å²) in [5.41, 5.74) is 7.94. The van der Waals surface area contributed by atoms with Crippen LogP contribution in [-0.4, -0.2) is 10.5 Å². The highest BCUT2D eigenvalue weighted by atomic mass is 16.3. The number of anilines is 1. The van der Waals surface area contributed by atoms with Gasteiger partial charge in [0.15, 0.2) is 5.58 Å². The Morgan fingerprint density at radius 2 is 1.65 bits per heavy atom. The zero-order valence-corrected chi connectivity index (χ0v) is 19.2. The van der Waals surface area contributed by atoms with Gasteiger partial charge in [0.05, 0.1) is 5.52 Å². The predicted octanol–water partition coefficient (Wildman–Crippen LogP) is 6.76. The van der Waals surface area contributed by atoms with Crippen molar-refractivity contribution in [2.45, 2.75) is 53.5 Å². The lowest BCUT2D eigenvalue weighted by Gasteiger charge is -2.19. The minimum absolute atomic E-state index is 0.109. The third kappa shape index (κ3) is 4.29. The van der Waals surface area contributed by atoms with Crippen LogP contribution >= 0.6 is 0 Å². The second kappa shape index (κ2) is 7.77. The lowest BCUT2D eigenvalue weighted by molar-refractivity contribution is 0.101. The van der Waals surface area contributed by atoms with Gasteiger partial charge < -0.3 is 14.3 Å². The van der Waals surface area contributed by atoms with Crippen LogP contribution in [0.5, 0.6) is 0 Å². The van der Waals surface area contributed by atoms with Gasteiger partial charge in [0, 0.05) is 24.4 Å². The fourth-order valence-electron chi connectivity index (χ4n) is 3.83. The standard InChI is InChI=1S/C27H30N2O2/c1-17-7-12-22(13-18(17)2)28-26(30)24-15-25-23(14-19(3)31-25)29(24)16-20-8-10-21(11-9-20)27(4,5)6/h7-15H,16H2,1-6H3,(H,28,30). The van der Waals surface area contributed by atoms with Crippen molar-refractivity contribution in [2.24, 2.45) is 0 Å². The molecule has 0 saturated carbocycles. The third-order valence-electron chi connectivity index (χ3n) is 5.87. The summed E-state index contributed by atoms with van der Waals surface area (Å²) < 4.78 is 7.86. The van der Waals surface area contributed by atoms with Gasteiger partial charge >= 0.3 is 0 Å². The molecule has 0 saturated heterocycles. The highest BCUT2D eigenvalue weighted by Gasteiger charge is 2.20. The summed E-state index contributed by atoms with van der Waals surface area (Å²) in [6, 6.07) is 18.4. The number of nitrogens with zero attached hydrogens (tertiary/aromatic N) is 1. The van der Waals surface area contributed by atoms with Crippen molar-refractivity contribution in [1.29, 1.82) is 0 Å². The second-order valence-corrected chi connectivity index (χ2v) is 9.42. The zero-order chi connectivity index (χ0) is 22.3. The van der Waals surface area contributed by atoms with E-state index in [-0.39, 0.29) is 11.3 Å². The molecule has 0 fully saturated rings. The number of hydrogen-bond donors (Lipinski definition) is 1. The summed E-state index contributed by atoms with van der Waals surface area (Å²) in [6.07, 6.45) is 0. The molecule has 0 aliphatic heterocycles. The van der Waals surface area contributed by atoms with Crippen molar-refractivity contribution >= 4 is 22.7 Å². The van der Waals surface area contributed by atoms with Gasteiger partial charge in [0.25, 0.3) is 5.91 Å². The van der Waals surface area contributed by atoms with E-state index in [0.29, 0.717) is 12.2 Å². The molecule has 4 aromatic rings. The van der Waals surface area contributed by atoms with Gasteiger partial charge in [0.2, 0.25) is 0 Å².